The third kappa shape index (κ3) is 4.79. The molecule has 4 heteroatoms. The zero-order valence-corrected chi connectivity index (χ0v) is 15.8. The molecule has 0 aliphatic heterocycles. The van der Waals surface area contributed by atoms with Crippen molar-refractivity contribution in [1.82, 2.24) is 9.13 Å². The van der Waals surface area contributed by atoms with Gasteiger partial charge in [0.15, 0.2) is 0 Å². The van der Waals surface area contributed by atoms with Crippen LogP contribution in [0.1, 0.15) is 38.5 Å². The fourth-order valence-electron chi connectivity index (χ4n) is 2.84. The molecule has 22 heavy (non-hydrogen) atoms. The van der Waals surface area contributed by atoms with Gasteiger partial charge in [-0.1, -0.05) is 25.7 Å². The number of nitrogens with two attached hydrogens (primary N) is 1. The first-order valence-electron chi connectivity index (χ1n) is 8.08. The van der Waals surface area contributed by atoms with Crippen molar-refractivity contribution in [2.24, 2.45) is 19.8 Å². The molecule has 124 valence electrons. The second-order valence-corrected chi connectivity index (χ2v) is 7.06. The first-order valence-corrected chi connectivity index (χ1v) is 9.22. The predicted molar refractivity (Wildman–Crippen MR) is 88.7 cm³/mol. The van der Waals surface area contributed by atoms with E-state index in [1.165, 1.54) is 53.6 Å². The van der Waals surface area contributed by atoms with Crippen LogP contribution < -0.4 is 5.73 Å². The standard InChI is InChI=1S/C11H12N2.C7H15N.Pt/c1-12-8-11(13(2)9-12)10-6-4-3-5-7-10;8-7-5-3-1-2-4-6-7;/h3-8H,1-2H3;7H,1-6,8H2;. The Morgan fingerprint density at radius 3 is 2.09 bits per heavy atom. The van der Waals surface area contributed by atoms with Crippen LogP contribution >= 0.6 is 0 Å². The Morgan fingerprint density at radius 1 is 1.00 bits per heavy atom. The van der Waals surface area contributed by atoms with Crippen LogP contribution in [0.25, 0.3) is 11.3 Å². The van der Waals surface area contributed by atoms with Gasteiger partial charge in [-0.15, -0.1) is 0 Å². The van der Waals surface area contributed by atoms with Crippen molar-refractivity contribution in [2.45, 2.75) is 44.6 Å². The van der Waals surface area contributed by atoms with Gasteiger partial charge in [-0.3, -0.25) is 0 Å². The molecule has 0 amide bonds. The normalized spacial score (nSPS) is 15.9. The van der Waals surface area contributed by atoms with Gasteiger partial charge < -0.3 is 5.73 Å². The van der Waals surface area contributed by atoms with Crippen LogP contribution in [0, 0.1) is 3.80 Å². The Bertz CT molecular complexity index is 620. The summed E-state index contributed by atoms with van der Waals surface area (Å²) in [5, 5.41) is 0. The summed E-state index contributed by atoms with van der Waals surface area (Å²) in [7, 11) is 4.15. The Morgan fingerprint density at radius 2 is 1.59 bits per heavy atom. The zero-order chi connectivity index (χ0) is 15.9. The fourth-order valence-corrected chi connectivity index (χ4v) is 3.26. The van der Waals surface area contributed by atoms with Gasteiger partial charge in [-0.25, -0.2) is 0 Å². The minimum atomic E-state index is 0.525. The average molecular weight is 481 g/mol. The second-order valence-electron chi connectivity index (χ2n) is 6.04. The van der Waals surface area contributed by atoms with Crippen molar-refractivity contribution in [3.8, 4) is 11.3 Å². The zero-order valence-electron chi connectivity index (χ0n) is 13.6. The topological polar surface area (TPSA) is 35.9 Å². The Hall–Kier alpha value is -0.922. The fraction of sp³-hybridized carbons (Fsp3) is 0.500. The molecule has 1 fully saturated rings. The first-order chi connectivity index (χ1) is 10.6. The number of hydrogen-bond donors (Lipinski definition) is 1. The Balaban J connectivity index is 0.000000188. The van der Waals surface area contributed by atoms with Gasteiger partial charge in [0.1, 0.15) is 0 Å². The van der Waals surface area contributed by atoms with Crippen LogP contribution in [0.15, 0.2) is 36.5 Å². The van der Waals surface area contributed by atoms with E-state index in [9.17, 15) is 0 Å². The van der Waals surface area contributed by atoms with E-state index in [0.29, 0.717) is 6.04 Å². The number of imidazole rings is 1. The van der Waals surface area contributed by atoms with E-state index in [1.807, 2.05) is 6.07 Å². The van der Waals surface area contributed by atoms with Gasteiger partial charge in [0, 0.05) is 6.04 Å². The van der Waals surface area contributed by atoms with Crippen molar-refractivity contribution in [1.29, 1.82) is 0 Å². The van der Waals surface area contributed by atoms with E-state index in [2.05, 4.69) is 73.0 Å². The molecule has 0 radical (unpaired) electrons. The van der Waals surface area contributed by atoms with Gasteiger partial charge in [-0.05, 0) is 12.8 Å². The van der Waals surface area contributed by atoms with Crippen LogP contribution in [0.2, 0.25) is 0 Å². The molecule has 1 saturated carbocycles. The number of aryl methyl sites for hydroxylation is 1. The molecular weight excluding hydrogens is 453 g/mol. The summed E-state index contributed by atoms with van der Waals surface area (Å²) in [6.45, 7) is 0. The molecular formula is C18H27N3Pt. The monoisotopic (exact) mass is 480 g/mol. The number of hydrogen-bond acceptors (Lipinski definition) is 1. The van der Waals surface area contributed by atoms with Gasteiger partial charge in [0.25, 0.3) is 0 Å². The van der Waals surface area contributed by atoms with Crippen molar-refractivity contribution in [2.75, 3.05) is 0 Å². The molecule has 3 nitrogen and oxygen atoms in total. The molecule has 2 aromatic rings. The molecule has 0 spiro atoms. The van der Waals surface area contributed by atoms with E-state index in [0.717, 1.165) is 0 Å². The van der Waals surface area contributed by atoms with Gasteiger partial charge in [0.2, 0.25) is 0 Å². The number of nitrogens with zero attached hydrogens (tertiary/aromatic N) is 2. The largest absolute Gasteiger partial charge is 0.328 e. The summed E-state index contributed by atoms with van der Waals surface area (Å²) in [4.78, 5) is 0. The Kier molecular flexibility index (Phi) is 6.85. The van der Waals surface area contributed by atoms with Crippen LogP contribution in [0.4, 0.5) is 0 Å². The molecule has 0 unspecified atom stereocenters. The van der Waals surface area contributed by atoms with Gasteiger partial charge in [0.05, 0.1) is 0 Å². The molecule has 0 atom stereocenters. The maximum absolute atomic E-state index is 5.73. The van der Waals surface area contributed by atoms with Crippen molar-refractivity contribution >= 4 is 0 Å². The van der Waals surface area contributed by atoms with Crippen molar-refractivity contribution in [3.05, 3.63) is 40.3 Å². The summed E-state index contributed by atoms with van der Waals surface area (Å²) in [5.74, 6) is 0. The molecule has 1 aliphatic carbocycles. The molecule has 1 aromatic carbocycles. The van der Waals surface area contributed by atoms with E-state index >= 15 is 0 Å². The molecule has 3 rings (SSSR count). The molecule has 1 aromatic heterocycles. The molecule has 1 aliphatic rings. The summed E-state index contributed by atoms with van der Waals surface area (Å²) in [6.07, 6.45) is 10.2. The van der Waals surface area contributed by atoms with E-state index < -0.39 is 0 Å². The summed E-state index contributed by atoms with van der Waals surface area (Å²) in [5.41, 5.74) is 8.24. The maximum atomic E-state index is 5.73. The smallest absolute Gasteiger partial charge is 0.00388 e. The second kappa shape index (κ2) is 8.64. The minimum Gasteiger partial charge on any atom is -0.328 e. The van der Waals surface area contributed by atoms with Gasteiger partial charge >= 0.3 is 94.2 Å². The van der Waals surface area contributed by atoms with E-state index in [4.69, 9.17) is 5.73 Å². The quantitative estimate of drug-likeness (QED) is 0.620. The molecule has 0 saturated heterocycles. The molecule has 1 heterocycles. The summed E-state index contributed by atoms with van der Waals surface area (Å²) < 4.78 is 5.55. The molecule has 0 bridgehead atoms. The summed E-state index contributed by atoms with van der Waals surface area (Å²) in [6, 6.07) is 11.0. The average Bonchev–Trinajstić information content (AvgIpc) is 2.73. The number of benzene rings is 1. The van der Waals surface area contributed by atoms with E-state index in [-0.39, 0.29) is 0 Å². The van der Waals surface area contributed by atoms with Crippen LogP contribution in [0.3, 0.4) is 0 Å². The Labute approximate surface area is 144 Å². The van der Waals surface area contributed by atoms with Crippen LogP contribution in [0.5, 0.6) is 0 Å². The summed E-state index contributed by atoms with van der Waals surface area (Å²) >= 11 is 2.33. The van der Waals surface area contributed by atoms with E-state index in [1.54, 1.807) is 0 Å². The van der Waals surface area contributed by atoms with Crippen molar-refractivity contribution in [3.63, 3.8) is 0 Å². The van der Waals surface area contributed by atoms with Gasteiger partial charge in [-0.2, -0.15) is 0 Å². The number of rotatable bonds is 1. The van der Waals surface area contributed by atoms with Crippen LogP contribution in [-0.4, -0.2) is 15.2 Å². The van der Waals surface area contributed by atoms with Crippen LogP contribution in [-0.2, 0) is 33.4 Å². The van der Waals surface area contributed by atoms with Crippen molar-refractivity contribution < 1.29 is 19.4 Å². The molecule has 2 N–H and O–H groups in total. The minimum absolute atomic E-state index is 0.525. The maximum Gasteiger partial charge on any atom is 0.00388 e. The third-order valence-corrected chi connectivity index (χ3v) is 5.74. The SMILES string of the molecule is Cn1cc(-c2ccccc2)n(C)[c]1=[Pt].NC1CCCCCC1. The third-order valence-electron chi connectivity index (χ3n) is 4.17. The first kappa shape index (κ1) is 17.4. The number of aromatic nitrogens is 2. The predicted octanol–water partition coefficient (Wildman–Crippen LogP) is 3.78.